The quantitative estimate of drug-likeness (QED) is 0.214. The van der Waals surface area contributed by atoms with Crippen molar-refractivity contribution in [3.05, 3.63) is 60.7 Å². The third-order valence-electron chi connectivity index (χ3n) is 6.11. The minimum atomic E-state index is 0.902. The van der Waals surface area contributed by atoms with Gasteiger partial charge in [-0.3, -0.25) is 4.48 Å². The van der Waals surface area contributed by atoms with E-state index in [0.717, 1.165) is 4.48 Å². The Hall–Kier alpha value is -1.60. The maximum absolute atomic E-state index is 2.36. The molecule has 0 amide bonds. The molecule has 0 aromatic heterocycles. The average molecular weight is 381 g/mol. The molecule has 0 atom stereocenters. The molecular formula is C27H42N+. The molecular weight excluding hydrogens is 338 g/mol. The molecule has 0 unspecified atom stereocenters. The van der Waals surface area contributed by atoms with Gasteiger partial charge < -0.3 is 0 Å². The van der Waals surface area contributed by atoms with Crippen molar-refractivity contribution in [2.45, 2.75) is 84.0 Å². The molecule has 2 aromatic rings. The van der Waals surface area contributed by atoms with Gasteiger partial charge in [-0.2, -0.15) is 0 Å². The number of nitrogens with zero attached hydrogens (tertiary/aromatic N) is 1. The van der Waals surface area contributed by atoms with Crippen molar-refractivity contribution in [3.63, 3.8) is 0 Å². The number of hydrogen-bond acceptors (Lipinski definition) is 0. The highest BCUT2D eigenvalue weighted by molar-refractivity contribution is 5.57. The fourth-order valence-corrected chi connectivity index (χ4v) is 4.19. The molecule has 0 heterocycles. The topological polar surface area (TPSA) is 0 Å². The number of hydrogen-bond donors (Lipinski definition) is 0. The van der Waals surface area contributed by atoms with Crippen LogP contribution in [0, 0.1) is 0 Å². The Labute approximate surface area is 174 Å². The van der Waals surface area contributed by atoms with Gasteiger partial charge >= 0.3 is 0 Å². The van der Waals surface area contributed by atoms with Crippen molar-refractivity contribution in [1.29, 1.82) is 0 Å². The van der Waals surface area contributed by atoms with Gasteiger partial charge in [0, 0.05) is 0 Å². The maximum atomic E-state index is 2.36. The highest BCUT2D eigenvalue weighted by Crippen LogP contribution is 2.32. The fraction of sp³-hybridized carbons (Fsp3) is 0.556. The monoisotopic (exact) mass is 380 g/mol. The lowest BCUT2D eigenvalue weighted by Gasteiger charge is -2.33. The maximum Gasteiger partial charge on any atom is 0.137 e. The molecule has 0 saturated carbocycles. The van der Waals surface area contributed by atoms with E-state index in [0.29, 0.717) is 0 Å². The second kappa shape index (κ2) is 13.6. The Bertz CT molecular complexity index is 565. The number of rotatable bonds is 15. The standard InChI is InChI=1S/C27H42N/c1-3-4-5-6-7-8-9-10-11-12-13-20-25-28(2,26-21-16-14-17-22-26)27-23-18-15-19-24-27/h14-19,21-24H,3-13,20,25H2,1-2H3/q+1. The van der Waals surface area contributed by atoms with Crippen LogP contribution >= 0.6 is 0 Å². The molecule has 154 valence electrons. The first-order valence-electron chi connectivity index (χ1n) is 11.7. The molecule has 0 radical (unpaired) electrons. The van der Waals surface area contributed by atoms with Crippen molar-refractivity contribution in [2.75, 3.05) is 13.6 Å². The zero-order chi connectivity index (χ0) is 19.9. The number of quaternary nitrogens is 1. The Kier molecular flexibility index (Phi) is 11.0. The summed E-state index contributed by atoms with van der Waals surface area (Å²) in [5.74, 6) is 0. The summed E-state index contributed by atoms with van der Waals surface area (Å²) in [5, 5.41) is 0. The van der Waals surface area contributed by atoms with Crippen LogP contribution in [-0.4, -0.2) is 13.6 Å². The predicted molar refractivity (Wildman–Crippen MR) is 126 cm³/mol. The van der Waals surface area contributed by atoms with Gasteiger partial charge in [-0.1, -0.05) is 108 Å². The first-order chi connectivity index (χ1) is 13.8. The first-order valence-corrected chi connectivity index (χ1v) is 11.7. The normalized spacial score (nSPS) is 11.6. The molecule has 1 nitrogen and oxygen atoms in total. The molecule has 0 aliphatic rings. The first kappa shape index (κ1) is 22.7. The number of benzene rings is 2. The third kappa shape index (κ3) is 7.80. The van der Waals surface area contributed by atoms with E-state index in [1.165, 1.54) is 95.0 Å². The lowest BCUT2D eigenvalue weighted by molar-refractivity contribution is 0.429. The molecule has 0 fully saturated rings. The van der Waals surface area contributed by atoms with Crippen LogP contribution in [0.1, 0.15) is 84.0 Å². The summed E-state index contributed by atoms with van der Waals surface area (Å²) in [4.78, 5) is 0. The summed E-state index contributed by atoms with van der Waals surface area (Å²) in [7, 11) is 2.36. The smallest absolute Gasteiger partial charge is 0.137 e. The molecule has 0 bridgehead atoms. The molecule has 0 saturated heterocycles. The molecule has 2 rings (SSSR count). The van der Waals surface area contributed by atoms with Crippen LogP contribution in [0.25, 0.3) is 0 Å². The van der Waals surface area contributed by atoms with Crippen LogP contribution in [0.5, 0.6) is 0 Å². The minimum absolute atomic E-state index is 0.902. The molecule has 0 aliphatic carbocycles. The Balaban J connectivity index is 1.68. The minimum Gasteiger partial charge on any atom is -0.261 e. The van der Waals surface area contributed by atoms with Crippen molar-refractivity contribution >= 4 is 11.4 Å². The average Bonchev–Trinajstić information content (AvgIpc) is 2.75. The van der Waals surface area contributed by atoms with E-state index in [2.05, 4.69) is 74.6 Å². The molecule has 28 heavy (non-hydrogen) atoms. The van der Waals surface area contributed by atoms with Gasteiger partial charge in [0.2, 0.25) is 0 Å². The molecule has 0 aliphatic heterocycles. The Morgan fingerprint density at radius 3 is 1.25 bits per heavy atom. The van der Waals surface area contributed by atoms with Gasteiger partial charge in [0.1, 0.15) is 11.4 Å². The van der Waals surface area contributed by atoms with E-state index in [1.54, 1.807) is 0 Å². The second-order valence-electron chi connectivity index (χ2n) is 8.48. The van der Waals surface area contributed by atoms with E-state index in [4.69, 9.17) is 0 Å². The van der Waals surface area contributed by atoms with Crippen molar-refractivity contribution in [3.8, 4) is 0 Å². The number of para-hydroxylation sites is 2. The molecule has 2 aromatic carbocycles. The largest absolute Gasteiger partial charge is 0.261 e. The lowest BCUT2D eigenvalue weighted by atomic mass is 10.0. The second-order valence-corrected chi connectivity index (χ2v) is 8.48. The van der Waals surface area contributed by atoms with Crippen molar-refractivity contribution in [1.82, 2.24) is 4.48 Å². The highest BCUT2D eigenvalue weighted by Gasteiger charge is 2.27. The fourth-order valence-electron chi connectivity index (χ4n) is 4.19. The summed E-state index contributed by atoms with van der Waals surface area (Å²) in [5.41, 5.74) is 2.77. The zero-order valence-corrected chi connectivity index (χ0v) is 18.4. The third-order valence-corrected chi connectivity index (χ3v) is 6.11. The van der Waals surface area contributed by atoms with Crippen molar-refractivity contribution < 1.29 is 0 Å². The van der Waals surface area contributed by atoms with Gasteiger partial charge in [-0.25, -0.2) is 0 Å². The van der Waals surface area contributed by atoms with Crippen molar-refractivity contribution in [2.24, 2.45) is 0 Å². The van der Waals surface area contributed by atoms with Crippen LogP contribution < -0.4 is 4.48 Å². The zero-order valence-electron chi connectivity index (χ0n) is 18.4. The SMILES string of the molecule is CCCCCCCCCCCCCC[N+](C)(c1ccccc1)c1ccccc1. The van der Waals surface area contributed by atoms with Crippen LogP contribution in [0.4, 0.5) is 11.4 Å². The van der Waals surface area contributed by atoms with E-state index in [9.17, 15) is 0 Å². The summed E-state index contributed by atoms with van der Waals surface area (Å²) in [6.07, 6.45) is 16.9. The Morgan fingerprint density at radius 2 is 0.857 bits per heavy atom. The summed E-state index contributed by atoms with van der Waals surface area (Å²) in [6, 6.07) is 22.0. The summed E-state index contributed by atoms with van der Waals surface area (Å²) in [6.45, 7) is 3.46. The molecule has 0 spiro atoms. The van der Waals surface area contributed by atoms with Crippen LogP contribution in [0.2, 0.25) is 0 Å². The molecule has 1 heteroatoms. The van der Waals surface area contributed by atoms with E-state index < -0.39 is 0 Å². The summed E-state index contributed by atoms with van der Waals surface area (Å²) >= 11 is 0. The Morgan fingerprint density at radius 1 is 0.500 bits per heavy atom. The van der Waals surface area contributed by atoms with Gasteiger partial charge in [0.05, 0.1) is 13.6 Å². The number of unbranched alkanes of at least 4 members (excludes halogenated alkanes) is 11. The lowest BCUT2D eigenvalue weighted by Crippen LogP contribution is -2.40. The van der Waals surface area contributed by atoms with E-state index in [1.807, 2.05) is 0 Å². The predicted octanol–water partition coefficient (Wildman–Crippen LogP) is 8.66. The van der Waals surface area contributed by atoms with Crippen LogP contribution in [0.15, 0.2) is 60.7 Å². The highest BCUT2D eigenvalue weighted by atomic mass is 15.3. The van der Waals surface area contributed by atoms with Crippen LogP contribution in [-0.2, 0) is 0 Å². The van der Waals surface area contributed by atoms with E-state index >= 15 is 0 Å². The van der Waals surface area contributed by atoms with Gasteiger partial charge in [-0.05, 0) is 37.1 Å². The van der Waals surface area contributed by atoms with Gasteiger partial charge in [0.15, 0.2) is 0 Å². The van der Waals surface area contributed by atoms with E-state index in [-0.39, 0.29) is 0 Å². The summed E-state index contributed by atoms with van der Waals surface area (Å²) < 4.78 is 0.902. The van der Waals surface area contributed by atoms with Crippen LogP contribution in [0.3, 0.4) is 0 Å². The molecule has 0 N–H and O–H groups in total. The van der Waals surface area contributed by atoms with Gasteiger partial charge in [-0.15, -0.1) is 0 Å². The van der Waals surface area contributed by atoms with Gasteiger partial charge in [0.25, 0.3) is 0 Å².